The first-order valence-corrected chi connectivity index (χ1v) is 7.77. The molecule has 3 atom stereocenters. The largest absolute Gasteiger partial charge is 0.316 e. The van der Waals surface area contributed by atoms with Crippen molar-refractivity contribution in [3.8, 4) is 11.8 Å². The van der Waals surface area contributed by atoms with Crippen molar-refractivity contribution in [1.29, 1.82) is 0 Å². The van der Waals surface area contributed by atoms with Crippen LogP contribution in [0.4, 0.5) is 0 Å². The molecule has 1 saturated carbocycles. The normalized spacial score (nSPS) is 27.9. The van der Waals surface area contributed by atoms with E-state index in [2.05, 4.69) is 37.9 Å². The van der Waals surface area contributed by atoms with Crippen molar-refractivity contribution in [3.05, 3.63) is 0 Å². The van der Waals surface area contributed by atoms with Crippen LogP contribution in [0.5, 0.6) is 0 Å². The minimum absolute atomic E-state index is 0.755. The lowest BCUT2D eigenvalue weighted by Crippen LogP contribution is -2.34. The van der Waals surface area contributed by atoms with Gasteiger partial charge in [-0.2, -0.15) is 0 Å². The molecule has 0 amide bonds. The van der Waals surface area contributed by atoms with Crippen molar-refractivity contribution in [2.75, 3.05) is 13.1 Å². The Kier molecular flexibility index (Phi) is 7.44. The Morgan fingerprint density at radius 2 is 2.00 bits per heavy atom. The molecule has 0 heterocycles. The quantitative estimate of drug-likeness (QED) is 0.699. The molecule has 1 rings (SSSR count). The molecule has 18 heavy (non-hydrogen) atoms. The summed E-state index contributed by atoms with van der Waals surface area (Å²) in [6, 6.07) is 0. The topological polar surface area (TPSA) is 12.0 Å². The fourth-order valence-electron chi connectivity index (χ4n) is 3.10. The molecule has 0 aromatic carbocycles. The maximum atomic E-state index is 3.65. The number of rotatable bonds is 6. The summed E-state index contributed by atoms with van der Waals surface area (Å²) in [6.07, 6.45) is 6.70. The number of hydrogen-bond donors (Lipinski definition) is 1. The predicted octanol–water partition coefficient (Wildman–Crippen LogP) is 4.09. The van der Waals surface area contributed by atoms with Crippen molar-refractivity contribution in [1.82, 2.24) is 5.32 Å². The van der Waals surface area contributed by atoms with Gasteiger partial charge < -0.3 is 5.32 Å². The predicted molar refractivity (Wildman–Crippen MR) is 80.4 cm³/mol. The van der Waals surface area contributed by atoms with E-state index in [1.54, 1.807) is 0 Å². The molecular formula is C17H31N. The van der Waals surface area contributed by atoms with Gasteiger partial charge in [0, 0.05) is 6.42 Å². The van der Waals surface area contributed by atoms with Gasteiger partial charge >= 0.3 is 0 Å². The van der Waals surface area contributed by atoms with E-state index >= 15 is 0 Å². The zero-order chi connectivity index (χ0) is 13.4. The molecule has 0 radical (unpaired) electrons. The molecule has 1 heteroatoms. The smallest absolute Gasteiger partial charge is 0.0120 e. The van der Waals surface area contributed by atoms with Crippen LogP contribution in [0.15, 0.2) is 0 Å². The van der Waals surface area contributed by atoms with Gasteiger partial charge in [0.2, 0.25) is 0 Å². The molecule has 1 aliphatic carbocycles. The Morgan fingerprint density at radius 3 is 2.61 bits per heavy atom. The molecule has 0 saturated heterocycles. The summed E-state index contributed by atoms with van der Waals surface area (Å²) in [6.45, 7) is 11.2. The van der Waals surface area contributed by atoms with Gasteiger partial charge in [-0.05, 0) is 56.5 Å². The third-order valence-corrected chi connectivity index (χ3v) is 4.33. The highest BCUT2D eigenvalue weighted by Gasteiger charge is 2.28. The Bertz CT molecular complexity index is 271. The number of hydrogen-bond acceptors (Lipinski definition) is 1. The van der Waals surface area contributed by atoms with Crippen LogP contribution in [0.2, 0.25) is 0 Å². The van der Waals surface area contributed by atoms with Crippen molar-refractivity contribution in [2.24, 2.45) is 23.7 Å². The van der Waals surface area contributed by atoms with Crippen LogP contribution in [-0.2, 0) is 0 Å². The molecule has 1 fully saturated rings. The molecular weight excluding hydrogens is 218 g/mol. The molecule has 0 bridgehead atoms. The van der Waals surface area contributed by atoms with Crippen molar-refractivity contribution in [2.45, 2.75) is 59.8 Å². The van der Waals surface area contributed by atoms with E-state index < -0.39 is 0 Å². The van der Waals surface area contributed by atoms with Crippen LogP contribution in [0.25, 0.3) is 0 Å². The number of nitrogens with one attached hydrogen (secondary N) is 1. The van der Waals surface area contributed by atoms with E-state index in [-0.39, 0.29) is 0 Å². The second-order valence-electron chi connectivity index (χ2n) is 6.29. The first kappa shape index (κ1) is 15.6. The SMILES string of the molecule is CC#CCC1CC(CC)CCC1CNCC(C)C. The van der Waals surface area contributed by atoms with Gasteiger partial charge in [-0.15, -0.1) is 11.8 Å². The minimum Gasteiger partial charge on any atom is -0.316 e. The molecule has 0 aromatic heterocycles. The average Bonchev–Trinajstić information content (AvgIpc) is 2.36. The van der Waals surface area contributed by atoms with E-state index in [4.69, 9.17) is 0 Å². The molecule has 3 unspecified atom stereocenters. The lowest BCUT2D eigenvalue weighted by Gasteiger charge is -2.35. The van der Waals surface area contributed by atoms with E-state index in [0.717, 1.165) is 36.6 Å². The van der Waals surface area contributed by atoms with Crippen molar-refractivity contribution < 1.29 is 0 Å². The zero-order valence-electron chi connectivity index (χ0n) is 12.8. The highest BCUT2D eigenvalue weighted by atomic mass is 14.9. The standard InChI is InChI=1S/C17H31N/c1-5-7-8-16-11-15(6-2)9-10-17(16)13-18-12-14(3)4/h14-18H,6,8-13H2,1-4H3. The van der Waals surface area contributed by atoms with Crippen molar-refractivity contribution in [3.63, 3.8) is 0 Å². The summed E-state index contributed by atoms with van der Waals surface area (Å²) in [5.74, 6) is 9.78. The second kappa shape index (κ2) is 8.59. The van der Waals surface area contributed by atoms with E-state index in [0.29, 0.717) is 0 Å². The van der Waals surface area contributed by atoms with Crippen LogP contribution in [0, 0.1) is 35.5 Å². The van der Waals surface area contributed by atoms with Crippen molar-refractivity contribution >= 4 is 0 Å². The van der Waals surface area contributed by atoms with Crippen LogP contribution in [0.3, 0.4) is 0 Å². The van der Waals surface area contributed by atoms with E-state index in [9.17, 15) is 0 Å². The molecule has 1 N–H and O–H groups in total. The van der Waals surface area contributed by atoms with Gasteiger partial charge in [0.05, 0.1) is 0 Å². The summed E-state index contributed by atoms with van der Waals surface area (Å²) < 4.78 is 0. The lowest BCUT2D eigenvalue weighted by atomic mass is 9.72. The van der Waals surface area contributed by atoms with Crippen LogP contribution < -0.4 is 5.32 Å². The Hall–Kier alpha value is -0.480. The Balaban J connectivity index is 2.43. The van der Waals surface area contributed by atoms with Crippen LogP contribution in [-0.4, -0.2) is 13.1 Å². The highest BCUT2D eigenvalue weighted by molar-refractivity contribution is 4.98. The maximum Gasteiger partial charge on any atom is 0.0120 e. The Labute approximate surface area is 114 Å². The van der Waals surface area contributed by atoms with Gasteiger partial charge in [0.1, 0.15) is 0 Å². The summed E-state index contributed by atoms with van der Waals surface area (Å²) in [4.78, 5) is 0. The molecule has 1 aliphatic rings. The van der Waals surface area contributed by atoms with Crippen LogP contribution >= 0.6 is 0 Å². The van der Waals surface area contributed by atoms with Gasteiger partial charge in [0.15, 0.2) is 0 Å². The molecule has 0 aromatic rings. The molecule has 1 nitrogen and oxygen atoms in total. The second-order valence-corrected chi connectivity index (χ2v) is 6.29. The van der Waals surface area contributed by atoms with Gasteiger partial charge in [-0.25, -0.2) is 0 Å². The summed E-state index contributed by atoms with van der Waals surface area (Å²) in [5.41, 5.74) is 0. The monoisotopic (exact) mass is 249 g/mol. The summed E-state index contributed by atoms with van der Waals surface area (Å²) in [7, 11) is 0. The third kappa shape index (κ3) is 5.44. The first-order valence-electron chi connectivity index (χ1n) is 7.77. The van der Waals surface area contributed by atoms with Gasteiger partial charge in [0.25, 0.3) is 0 Å². The third-order valence-electron chi connectivity index (χ3n) is 4.33. The fraction of sp³-hybridized carbons (Fsp3) is 0.882. The molecule has 104 valence electrons. The van der Waals surface area contributed by atoms with Gasteiger partial charge in [-0.1, -0.05) is 33.6 Å². The van der Waals surface area contributed by atoms with E-state index in [1.807, 2.05) is 6.92 Å². The van der Waals surface area contributed by atoms with Crippen LogP contribution in [0.1, 0.15) is 59.8 Å². The Morgan fingerprint density at radius 1 is 1.22 bits per heavy atom. The van der Waals surface area contributed by atoms with Gasteiger partial charge in [-0.3, -0.25) is 0 Å². The molecule has 0 aliphatic heterocycles. The fourth-order valence-corrected chi connectivity index (χ4v) is 3.10. The minimum atomic E-state index is 0.755. The maximum absolute atomic E-state index is 3.65. The summed E-state index contributed by atoms with van der Waals surface area (Å²) >= 11 is 0. The highest BCUT2D eigenvalue weighted by Crippen LogP contribution is 2.36. The average molecular weight is 249 g/mol. The summed E-state index contributed by atoms with van der Waals surface area (Å²) in [5, 5.41) is 3.65. The zero-order valence-corrected chi connectivity index (χ0v) is 12.8. The van der Waals surface area contributed by atoms with E-state index in [1.165, 1.54) is 32.2 Å². The first-order chi connectivity index (χ1) is 8.67. The molecule has 0 spiro atoms. The lowest BCUT2D eigenvalue weighted by molar-refractivity contribution is 0.174.